The first-order valence-electron chi connectivity index (χ1n) is 7.76. The van der Waals surface area contributed by atoms with Gasteiger partial charge in [-0.05, 0) is 43.2 Å². The number of rotatable bonds is 7. The second kappa shape index (κ2) is 8.48. The smallest absolute Gasteiger partial charge is 0.276 e. The van der Waals surface area contributed by atoms with Crippen molar-refractivity contribution in [2.45, 2.75) is 33.1 Å². The zero-order valence-electron chi connectivity index (χ0n) is 13.4. The highest BCUT2D eigenvalue weighted by Gasteiger charge is 2.11. The molecular weight excluding hydrogens is 312 g/mol. The standard InChI is InChI=1S/C17H21ClN4O/c1-3-4-5-11-19-16-10-9-15(21-22-16)17(23)20-14-8-6-7-13(18)12(14)2/h6-10H,3-5,11H2,1-2H3,(H,19,22)(H,20,23). The quantitative estimate of drug-likeness (QED) is 0.742. The summed E-state index contributed by atoms with van der Waals surface area (Å²) < 4.78 is 0. The van der Waals surface area contributed by atoms with Gasteiger partial charge in [0, 0.05) is 17.3 Å². The predicted octanol–water partition coefficient (Wildman–Crippen LogP) is 4.29. The second-order valence-corrected chi connectivity index (χ2v) is 5.71. The van der Waals surface area contributed by atoms with Crippen molar-refractivity contribution in [3.05, 3.63) is 46.6 Å². The minimum absolute atomic E-state index is 0.267. The third kappa shape index (κ3) is 4.93. The van der Waals surface area contributed by atoms with Gasteiger partial charge in [0.25, 0.3) is 5.91 Å². The lowest BCUT2D eigenvalue weighted by molar-refractivity contribution is 0.102. The fourth-order valence-electron chi connectivity index (χ4n) is 2.07. The molecule has 0 fully saturated rings. The molecule has 0 aliphatic heterocycles. The van der Waals surface area contributed by atoms with Crippen LogP contribution in [-0.2, 0) is 0 Å². The maximum atomic E-state index is 12.2. The Balaban J connectivity index is 1.96. The molecule has 0 saturated carbocycles. The van der Waals surface area contributed by atoms with E-state index in [0.717, 1.165) is 18.5 Å². The number of carbonyl (C=O) groups excluding carboxylic acids is 1. The summed E-state index contributed by atoms with van der Waals surface area (Å²) in [7, 11) is 0. The van der Waals surface area contributed by atoms with Gasteiger partial charge in [-0.1, -0.05) is 37.4 Å². The van der Waals surface area contributed by atoms with Crippen LogP contribution in [-0.4, -0.2) is 22.6 Å². The molecule has 6 heteroatoms. The van der Waals surface area contributed by atoms with Crippen molar-refractivity contribution in [1.29, 1.82) is 0 Å². The summed E-state index contributed by atoms with van der Waals surface area (Å²) in [5, 5.41) is 14.6. The fraction of sp³-hybridized carbons (Fsp3) is 0.353. The number of halogens is 1. The summed E-state index contributed by atoms with van der Waals surface area (Å²) in [4.78, 5) is 12.2. The molecule has 0 radical (unpaired) electrons. The first-order chi connectivity index (χ1) is 11.1. The van der Waals surface area contributed by atoms with Crippen molar-refractivity contribution in [3.8, 4) is 0 Å². The molecule has 0 aliphatic carbocycles. The van der Waals surface area contributed by atoms with Gasteiger partial charge in [0.15, 0.2) is 5.69 Å². The summed E-state index contributed by atoms with van der Waals surface area (Å²) in [6.07, 6.45) is 3.45. The topological polar surface area (TPSA) is 66.9 Å². The number of benzene rings is 1. The molecule has 1 amide bonds. The van der Waals surface area contributed by atoms with E-state index in [1.54, 1.807) is 30.3 Å². The average Bonchev–Trinajstić information content (AvgIpc) is 2.56. The highest BCUT2D eigenvalue weighted by atomic mass is 35.5. The van der Waals surface area contributed by atoms with Crippen molar-refractivity contribution >= 4 is 29.0 Å². The zero-order valence-corrected chi connectivity index (χ0v) is 14.2. The van der Waals surface area contributed by atoms with E-state index in [2.05, 4.69) is 27.8 Å². The molecule has 0 bridgehead atoms. The van der Waals surface area contributed by atoms with Crippen LogP contribution in [0.5, 0.6) is 0 Å². The Morgan fingerprint density at radius 3 is 2.70 bits per heavy atom. The molecule has 2 rings (SSSR count). The molecule has 23 heavy (non-hydrogen) atoms. The molecule has 0 saturated heterocycles. The van der Waals surface area contributed by atoms with Crippen LogP contribution in [0.3, 0.4) is 0 Å². The summed E-state index contributed by atoms with van der Waals surface area (Å²) in [5.41, 5.74) is 1.76. The third-order valence-electron chi connectivity index (χ3n) is 3.50. The van der Waals surface area contributed by atoms with E-state index >= 15 is 0 Å². The molecule has 2 N–H and O–H groups in total. The van der Waals surface area contributed by atoms with Crippen molar-refractivity contribution < 1.29 is 4.79 Å². The van der Waals surface area contributed by atoms with Gasteiger partial charge >= 0.3 is 0 Å². The maximum absolute atomic E-state index is 12.2. The Labute approximate surface area is 141 Å². The molecule has 1 heterocycles. The monoisotopic (exact) mass is 332 g/mol. The van der Waals surface area contributed by atoms with Crippen LogP contribution < -0.4 is 10.6 Å². The fourth-order valence-corrected chi connectivity index (χ4v) is 2.24. The number of unbranched alkanes of at least 4 members (excludes halogenated alkanes) is 2. The van der Waals surface area contributed by atoms with Crippen LogP contribution in [0, 0.1) is 6.92 Å². The van der Waals surface area contributed by atoms with Crippen LogP contribution in [0.4, 0.5) is 11.5 Å². The number of nitrogens with one attached hydrogen (secondary N) is 2. The van der Waals surface area contributed by atoms with E-state index in [4.69, 9.17) is 11.6 Å². The second-order valence-electron chi connectivity index (χ2n) is 5.30. The number of aromatic nitrogens is 2. The van der Waals surface area contributed by atoms with Crippen molar-refractivity contribution in [2.75, 3.05) is 17.2 Å². The van der Waals surface area contributed by atoms with Gasteiger partial charge in [-0.3, -0.25) is 4.79 Å². The van der Waals surface area contributed by atoms with Crippen molar-refractivity contribution in [2.24, 2.45) is 0 Å². The van der Waals surface area contributed by atoms with E-state index < -0.39 is 0 Å². The molecule has 0 spiro atoms. The summed E-state index contributed by atoms with van der Waals surface area (Å²) >= 11 is 6.05. The molecule has 5 nitrogen and oxygen atoms in total. The number of anilines is 2. The molecule has 122 valence electrons. The Morgan fingerprint density at radius 2 is 2.00 bits per heavy atom. The Bertz CT molecular complexity index is 658. The first kappa shape index (κ1) is 17.2. The van der Waals surface area contributed by atoms with Gasteiger partial charge in [-0.2, -0.15) is 0 Å². The zero-order chi connectivity index (χ0) is 16.7. The van der Waals surface area contributed by atoms with E-state index in [0.29, 0.717) is 16.5 Å². The third-order valence-corrected chi connectivity index (χ3v) is 3.91. The van der Waals surface area contributed by atoms with Gasteiger partial charge in [-0.25, -0.2) is 0 Å². The largest absolute Gasteiger partial charge is 0.369 e. The molecular formula is C17H21ClN4O. The minimum atomic E-state index is -0.305. The normalized spacial score (nSPS) is 10.4. The highest BCUT2D eigenvalue weighted by molar-refractivity contribution is 6.31. The van der Waals surface area contributed by atoms with E-state index in [1.807, 2.05) is 6.92 Å². The number of hydrogen-bond acceptors (Lipinski definition) is 4. The maximum Gasteiger partial charge on any atom is 0.276 e. The molecule has 0 atom stereocenters. The number of hydrogen-bond donors (Lipinski definition) is 2. The Hall–Kier alpha value is -2.14. The lowest BCUT2D eigenvalue weighted by Crippen LogP contribution is -2.15. The average molecular weight is 333 g/mol. The predicted molar refractivity (Wildman–Crippen MR) is 94.2 cm³/mol. The van der Waals surface area contributed by atoms with Gasteiger partial charge in [-0.15, -0.1) is 10.2 Å². The summed E-state index contributed by atoms with van der Waals surface area (Å²) in [6.45, 7) is 4.87. The van der Waals surface area contributed by atoms with Crippen LogP contribution in [0.15, 0.2) is 30.3 Å². The van der Waals surface area contributed by atoms with Crippen LogP contribution >= 0.6 is 11.6 Å². The van der Waals surface area contributed by atoms with E-state index in [-0.39, 0.29) is 11.6 Å². The summed E-state index contributed by atoms with van der Waals surface area (Å²) in [5.74, 6) is 0.372. The number of amides is 1. The lowest BCUT2D eigenvalue weighted by Gasteiger charge is -2.09. The number of carbonyl (C=O) groups is 1. The van der Waals surface area contributed by atoms with Crippen molar-refractivity contribution in [3.63, 3.8) is 0 Å². The molecule has 1 aromatic carbocycles. The van der Waals surface area contributed by atoms with Gasteiger partial charge < -0.3 is 10.6 Å². The van der Waals surface area contributed by atoms with E-state index in [1.165, 1.54) is 12.8 Å². The lowest BCUT2D eigenvalue weighted by atomic mass is 10.2. The van der Waals surface area contributed by atoms with Crippen LogP contribution in [0.1, 0.15) is 42.2 Å². The SMILES string of the molecule is CCCCCNc1ccc(C(=O)Nc2cccc(Cl)c2C)nn1. The molecule has 2 aromatic rings. The molecule has 0 unspecified atom stereocenters. The highest BCUT2D eigenvalue weighted by Crippen LogP contribution is 2.23. The Kier molecular flexibility index (Phi) is 6.35. The van der Waals surface area contributed by atoms with Crippen molar-refractivity contribution in [1.82, 2.24) is 10.2 Å². The Morgan fingerprint density at radius 1 is 1.17 bits per heavy atom. The van der Waals surface area contributed by atoms with E-state index in [9.17, 15) is 4.79 Å². The summed E-state index contributed by atoms with van der Waals surface area (Å²) in [6, 6.07) is 8.80. The molecule has 0 aliphatic rings. The van der Waals surface area contributed by atoms with Gasteiger partial charge in [0.05, 0.1) is 0 Å². The van der Waals surface area contributed by atoms with Gasteiger partial charge in [0.1, 0.15) is 5.82 Å². The van der Waals surface area contributed by atoms with Crippen LogP contribution in [0.2, 0.25) is 5.02 Å². The number of nitrogens with zero attached hydrogens (tertiary/aromatic N) is 2. The first-order valence-corrected chi connectivity index (χ1v) is 8.13. The van der Waals surface area contributed by atoms with Crippen LogP contribution in [0.25, 0.3) is 0 Å². The molecule has 1 aromatic heterocycles. The minimum Gasteiger partial charge on any atom is -0.369 e. The van der Waals surface area contributed by atoms with Gasteiger partial charge in [0.2, 0.25) is 0 Å².